The van der Waals surface area contributed by atoms with Gasteiger partial charge in [-0.1, -0.05) is 48.0 Å². The van der Waals surface area contributed by atoms with Gasteiger partial charge in [0.2, 0.25) is 11.8 Å². The van der Waals surface area contributed by atoms with E-state index in [2.05, 4.69) is 29.6 Å². The van der Waals surface area contributed by atoms with E-state index >= 15 is 0 Å². The fourth-order valence-electron chi connectivity index (χ4n) is 3.12. The molecule has 0 bridgehead atoms. The van der Waals surface area contributed by atoms with Gasteiger partial charge in [0.1, 0.15) is 0 Å². The Morgan fingerprint density at radius 2 is 1.67 bits per heavy atom. The molecule has 142 valence electrons. The Balaban J connectivity index is 1.42. The lowest BCUT2D eigenvalue weighted by molar-refractivity contribution is -0.144. The lowest BCUT2D eigenvalue weighted by Gasteiger charge is -2.33. The summed E-state index contributed by atoms with van der Waals surface area (Å²) in [6.45, 7) is 5.06. The summed E-state index contributed by atoms with van der Waals surface area (Å²) in [7, 11) is 0. The van der Waals surface area contributed by atoms with Crippen LogP contribution >= 0.6 is 11.6 Å². The maximum Gasteiger partial charge on any atom is 0.242 e. The van der Waals surface area contributed by atoms with Crippen molar-refractivity contribution in [2.45, 2.75) is 13.5 Å². The normalized spacial score (nSPS) is 14.5. The van der Waals surface area contributed by atoms with E-state index in [0.29, 0.717) is 19.6 Å². The Labute approximate surface area is 164 Å². The molecule has 0 aliphatic carbocycles. The molecule has 1 saturated heterocycles. The molecule has 1 heterocycles. The first kappa shape index (κ1) is 19.4. The molecule has 1 N–H and O–H groups in total. The minimum Gasteiger partial charge on any atom is -0.338 e. The molecule has 0 spiro atoms. The largest absolute Gasteiger partial charge is 0.338 e. The third-order valence-corrected chi connectivity index (χ3v) is 5.04. The molecular weight excluding hydrogens is 362 g/mol. The van der Waals surface area contributed by atoms with E-state index in [1.165, 1.54) is 12.5 Å². The van der Waals surface area contributed by atoms with Crippen LogP contribution in [0.25, 0.3) is 11.1 Å². The summed E-state index contributed by atoms with van der Waals surface area (Å²) < 4.78 is 0. The maximum absolute atomic E-state index is 12.1. The van der Waals surface area contributed by atoms with Gasteiger partial charge in [0.05, 0.1) is 6.54 Å². The minimum atomic E-state index is -0.0387. The van der Waals surface area contributed by atoms with Crippen molar-refractivity contribution in [3.63, 3.8) is 0 Å². The fourth-order valence-corrected chi connectivity index (χ4v) is 3.24. The molecule has 27 heavy (non-hydrogen) atoms. The smallest absolute Gasteiger partial charge is 0.242 e. The molecule has 3 rings (SSSR count). The van der Waals surface area contributed by atoms with Crippen molar-refractivity contribution < 1.29 is 9.59 Å². The molecule has 1 aliphatic heterocycles. The first-order valence-electron chi connectivity index (χ1n) is 9.12. The Morgan fingerprint density at radius 1 is 1.04 bits per heavy atom. The van der Waals surface area contributed by atoms with Crippen LogP contribution in [-0.2, 0) is 16.1 Å². The number of piperazine rings is 1. The van der Waals surface area contributed by atoms with Crippen LogP contribution in [0.5, 0.6) is 0 Å². The molecular formula is C21H24ClN3O2. The van der Waals surface area contributed by atoms with Crippen LogP contribution in [0.15, 0.2) is 48.5 Å². The molecule has 2 amide bonds. The van der Waals surface area contributed by atoms with Crippen molar-refractivity contribution in [1.82, 2.24) is 15.1 Å². The molecule has 0 aromatic heterocycles. The van der Waals surface area contributed by atoms with E-state index in [0.717, 1.165) is 29.2 Å². The Hall–Kier alpha value is -2.37. The van der Waals surface area contributed by atoms with Crippen LogP contribution in [0.4, 0.5) is 0 Å². The molecule has 5 nitrogen and oxygen atoms in total. The van der Waals surface area contributed by atoms with Crippen LogP contribution in [0.3, 0.4) is 0 Å². The number of halogens is 1. The van der Waals surface area contributed by atoms with Gasteiger partial charge < -0.3 is 15.1 Å². The number of carbonyl (C=O) groups is 2. The second kappa shape index (κ2) is 9.02. The highest BCUT2D eigenvalue weighted by Gasteiger charge is 2.24. The lowest BCUT2D eigenvalue weighted by Crippen LogP contribution is -2.52. The SMILES string of the molecule is CC(=O)N1CCN(CCNCc2ccc(-c3ccc(Cl)cc3)cc2)C(=O)C1. The number of carbonyl (C=O) groups excluding carboxylic acids is 2. The van der Waals surface area contributed by atoms with Gasteiger partial charge in [-0.15, -0.1) is 0 Å². The zero-order valence-electron chi connectivity index (χ0n) is 15.5. The van der Waals surface area contributed by atoms with Crippen LogP contribution < -0.4 is 5.32 Å². The van der Waals surface area contributed by atoms with Gasteiger partial charge in [0, 0.05) is 44.7 Å². The molecule has 0 radical (unpaired) electrons. The highest BCUT2D eigenvalue weighted by Crippen LogP contribution is 2.21. The van der Waals surface area contributed by atoms with Crippen molar-refractivity contribution >= 4 is 23.4 Å². The summed E-state index contributed by atoms with van der Waals surface area (Å²) >= 11 is 5.93. The Bertz CT molecular complexity index is 790. The van der Waals surface area contributed by atoms with Crippen LogP contribution in [0.1, 0.15) is 12.5 Å². The predicted octanol–water partition coefficient (Wildman–Crippen LogP) is 2.79. The summed E-state index contributed by atoms with van der Waals surface area (Å²) in [6, 6.07) is 16.2. The van der Waals surface area contributed by atoms with Crippen molar-refractivity contribution in [2.75, 3.05) is 32.7 Å². The highest BCUT2D eigenvalue weighted by atomic mass is 35.5. The van der Waals surface area contributed by atoms with Gasteiger partial charge in [-0.05, 0) is 28.8 Å². The minimum absolute atomic E-state index is 0.0190. The Kier molecular flexibility index (Phi) is 6.48. The van der Waals surface area contributed by atoms with Crippen molar-refractivity contribution in [1.29, 1.82) is 0 Å². The quantitative estimate of drug-likeness (QED) is 0.778. The third-order valence-electron chi connectivity index (χ3n) is 4.78. The number of nitrogens with one attached hydrogen (secondary N) is 1. The van der Waals surface area contributed by atoms with Gasteiger partial charge >= 0.3 is 0 Å². The number of hydrogen-bond acceptors (Lipinski definition) is 3. The van der Waals surface area contributed by atoms with Crippen LogP contribution in [0.2, 0.25) is 5.02 Å². The summed E-state index contributed by atoms with van der Waals surface area (Å²) in [4.78, 5) is 26.8. The van der Waals surface area contributed by atoms with Crippen LogP contribution in [-0.4, -0.2) is 54.3 Å². The standard InChI is InChI=1S/C21H24ClN3O2/c1-16(26)25-13-12-24(21(27)15-25)11-10-23-14-17-2-4-18(5-3-17)19-6-8-20(22)9-7-19/h2-9,23H,10-15H2,1H3. The monoisotopic (exact) mass is 385 g/mol. The molecule has 0 saturated carbocycles. The van der Waals surface area contributed by atoms with Gasteiger partial charge in [-0.2, -0.15) is 0 Å². The first-order chi connectivity index (χ1) is 13.0. The molecule has 0 atom stereocenters. The topological polar surface area (TPSA) is 52.7 Å². The van der Waals surface area contributed by atoms with Gasteiger partial charge in [-0.3, -0.25) is 9.59 Å². The summed E-state index contributed by atoms with van der Waals surface area (Å²) in [6.07, 6.45) is 0. The number of amides is 2. The van der Waals surface area contributed by atoms with Crippen molar-refractivity contribution in [2.24, 2.45) is 0 Å². The first-order valence-corrected chi connectivity index (χ1v) is 9.49. The van der Waals surface area contributed by atoms with Crippen molar-refractivity contribution in [3.05, 3.63) is 59.1 Å². The lowest BCUT2D eigenvalue weighted by atomic mass is 10.0. The summed E-state index contributed by atoms with van der Waals surface area (Å²) in [5.74, 6) is -0.0197. The Morgan fingerprint density at radius 3 is 2.26 bits per heavy atom. The second-order valence-electron chi connectivity index (χ2n) is 6.70. The van der Waals surface area contributed by atoms with Gasteiger partial charge in [0.15, 0.2) is 0 Å². The van der Waals surface area contributed by atoms with E-state index in [-0.39, 0.29) is 18.4 Å². The average Bonchev–Trinajstić information content (AvgIpc) is 2.67. The number of nitrogens with zero attached hydrogens (tertiary/aromatic N) is 2. The third kappa shape index (κ3) is 5.31. The average molecular weight is 386 g/mol. The molecule has 6 heteroatoms. The number of benzene rings is 2. The van der Waals surface area contributed by atoms with E-state index in [1.807, 2.05) is 29.2 Å². The molecule has 2 aromatic rings. The predicted molar refractivity (Wildman–Crippen MR) is 107 cm³/mol. The zero-order valence-corrected chi connectivity index (χ0v) is 16.2. The van der Waals surface area contributed by atoms with E-state index in [9.17, 15) is 9.59 Å². The molecule has 2 aromatic carbocycles. The van der Waals surface area contributed by atoms with Gasteiger partial charge in [0.25, 0.3) is 0 Å². The fraction of sp³-hybridized carbons (Fsp3) is 0.333. The van der Waals surface area contributed by atoms with E-state index in [1.54, 1.807) is 4.90 Å². The maximum atomic E-state index is 12.1. The van der Waals surface area contributed by atoms with E-state index in [4.69, 9.17) is 11.6 Å². The molecule has 1 aliphatic rings. The van der Waals surface area contributed by atoms with Crippen LogP contribution in [0, 0.1) is 0 Å². The zero-order chi connectivity index (χ0) is 19.2. The molecule has 0 unspecified atom stereocenters. The highest BCUT2D eigenvalue weighted by molar-refractivity contribution is 6.30. The number of rotatable bonds is 6. The second-order valence-corrected chi connectivity index (χ2v) is 7.14. The van der Waals surface area contributed by atoms with Crippen molar-refractivity contribution in [3.8, 4) is 11.1 Å². The summed E-state index contributed by atoms with van der Waals surface area (Å²) in [5, 5.41) is 4.12. The van der Waals surface area contributed by atoms with E-state index < -0.39 is 0 Å². The number of hydrogen-bond donors (Lipinski definition) is 1. The summed E-state index contributed by atoms with van der Waals surface area (Å²) in [5.41, 5.74) is 3.49. The van der Waals surface area contributed by atoms with Gasteiger partial charge in [-0.25, -0.2) is 0 Å². The molecule has 1 fully saturated rings.